The number of halogens is 1. The highest BCUT2D eigenvalue weighted by Gasteiger charge is 2.33. The maximum atomic E-state index is 12.0. The van der Waals surface area contributed by atoms with Gasteiger partial charge in [-0.05, 0) is 37.6 Å². The summed E-state index contributed by atoms with van der Waals surface area (Å²) in [5.41, 5.74) is 5.98. The molecule has 3 N–H and O–H groups in total. The lowest BCUT2D eigenvalue weighted by Gasteiger charge is -2.36. The standard InChI is InChI=1S/C14H28N2O.ClH/c1-11(2)12(3)16-13(17)9-14(10-15)7-5-4-6-8-14;/h11-12H,4-10,15H2,1-3H3,(H,16,17);1H. The summed E-state index contributed by atoms with van der Waals surface area (Å²) < 4.78 is 0. The molecule has 1 rings (SSSR count). The van der Waals surface area contributed by atoms with Crippen LogP contribution in [0.5, 0.6) is 0 Å². The fraction of sp³-hybridized carbons (Fsp3) is 0.929. The summed E-state index contributed by atoms with van der Waals surface area (Å²) in [6.45, 7) is 6.98. The molecule has 1 saturated carbocycles. The van der Waals surface area contributed by atoms with Crippen molar-refractivity contribution in [1.82, 2.24) is 5.32 Å². The van der Waals surface area contributed by atoms with E-state index in [1.807, 2.05) is 0 Å². The number of nitrogens with two attached hydrogens (primary N) is 1. The summed E-state index contributed by atoms with van der Waals surface area (Å²) in [5.74, 6) is 0.665. The second-order valence-electron chi connectivity index (χ2n) is 6.04. The Bertz CT molecular complexity index is 250. The molecule has 0 aliphatic heterocycles. The fourth-order valence-corrected chi connectivity index (χ4v) is 2.57. The average Bonchev–Trinajstić information content (AvgIpc) is 2.29. The molecule has 0 saturated heterocycles. The van der Waals surface area contributed by atoms with E-state index in [0.29, 0.717) is 18.9 Å². The highest BCUT2D eigenvalue weighted by molar-refractivity contribution is 5.85. The molecule has 0 aromatic carbocycles. The second-order valence-corrected chi connectivity index (χ2v) is 6.04. The van der Waals surface area contributed by atoms with Crippen molar-refractivity contribution in [3.63, 3.8) is 0 Å². The van der Waals surface area contributed by atoms with Crippen LogP contribution in [0.15, 0.2) is 0 Å². The molecule has 4 heteroatoms. The molecular formula is C14H29ClN2O. The largest absolute Gasteiger partial charge is 0.353 e. The molecule has 1 aliphatic rings. The smallest absolute Gasteiger partial charge is 0.220 e. The van der Waals surface area contributed by atoms with Crippen LogP contribution in [0.2, 0.25) is 0 Å². The zero-order valence-electron chi connectivity index (χ0n) is 12.0. The highest BCUT2D eigenvalue weighted by Crippen LogP contribution is 2.38. The Morgan fingerprint density at radius 2 is 1.78 bits per heavy atom. The van der Waals surface area contributed by atoms with E-state index >= 15 is 0 Å². The van der Waals surface area contributed by atoms with Gasteiger partial charge in [-0.25, -0.2) is 0 Å². The molecule has 1 unspecified atom stereocenters. The summed E-state index contributed by atoms with van der Waals surface area (Å²) >= 11 is 0. The van der Waals surface area contributed by atoms with E-state index in [2.05, 4.69) is 26.1 Å². The minimum atomic E-state index is 0. The van der Waals surface area contributed by atoms with Crippen molar-refractivity contribution in [2.75, 3.05) is 6.54 Å². The predicted molar refractivity (Wildman–Crippen MR) is 78.9 cm³/mol. The second kappa shape index (κ2) is 8.00. The molecule has 0 aromatic heterocycles. The maximum Gasteiger partial charge on any atom is 0.220 e. The van der Waals surface area contributed by atoms with E-state index in [-0.39, 0.29) is 29.8 Å². The van der Waals surface area contributed by atoms with Gasteiger partial charge in [-0.2, -0.15) is 0 Å². The third-order valence-corrected chi connectivity index (χ3v) is 4.27. The number of amides is 1. The molecule has 1 atom stereocenters. The molecule has 1 fully saturated rings. The van der Waals surface area contributed by atoms with Crippen LogP contribution in [-0.4, -0.2) is 18.5 Å². The summed E-state index contributed by atoms with van der Waals surface area (Å²) in [6.07, 6.45) is 6.60. The summed E-state index contributed by atoms with van der Waals surface area (Å²) in [4.78, 5) is 12.0. The molecule has 0 spiro atoms. The van der Waals surface area contributed by atoms with Gasteiger partial charge >= 0.3 is 0 Å². The Labute approximate surface area is 118 Å². The Balaban J connectivity index is 0.00000289. The first-order chi connectivity index (χ1) is 7.99. The van der Waals surface area contributed by atoms with Gasteiger partial charge in [-0.3, -0.25) is 4.79 Å². The van der Waals surface area contributed by atoms with E-state index in [4.69, 9.17) is 5.73 Å². The molecule has 3 nitrogen and oxygen atoms in total. The summed E-state index contributed by atoms with van der Waals surface area (Å²) in [7, 11) is 0. The predicted octanol–water partition coefficient (Wildman–Crippen LogP) is 2.87. The molecule has 0 heterocycles. The highest BCUT2D eigenvalue weighted by atomic mass is 35.5. The molecular weight excluding hydrogens is 248 g/mol. The van der Waals surface area contributed by atoms with Crippen molar-refractivity contribution in [3.8, 4) is 0 Å². The molecule has 0 radical (unpaired) electrons. The zero-order valence-corrected chi connectivity index (χ0v) is 12.8. The number of hydrogen-bond donors (Lipinski definition) is 2. The Morgan fingerprint density at radius 3 is 2.22 bits per heavy atom. The van der Waals surface area contributed by atoms with Gasteiger partial charge in [0.15, 0.2) is 0 Å². The van der Waals surface area contributed by atoms with Crippen LogP contribution in [0, 0.1) is 11.3 Å². The molecule has 1 aliphatic carbocycles. The van der Waals surface area contributed by atoms with Crippen molar-refractivity contribution in [2.45, 2.75) is 65.3 Å². The quantitative estimate of drug-likeness (QED) is 0.811. The first-order valence-electron chi connectivity index (χ1n) is 6.98. The topological polar surface area (TPSA) is 55.1 Å². The van der Waals surface area contributed by atoms with Crippen molar-refractivity contribution in [2.24, 2.45) is 17.1 Å². The third-order valence-electron chi connectivity index (χ3n) is 4.27. The lowest BCUT2D eigenvalue weighted by molar-refractivity contribution is -0.124. The third kappa shape index (κ3) is 5.15. The van der Waals surface area contributed by atoms with Gasteiger partial charge in [0, 0.05) is 12.5 Å². The lowest BCUT2D eigenvalue weighted by atomic mass is 9.71. The molecule has 0 aromatic rings. The van der Waals surface area contributed by atoms with Crippen molar-refractivity contribution >= 4 is 18.3 Å². The van der Waals surface area contributed by atoms with Gasteiger partial charge in [0.05, 0.1) is 0 Å². The van der Waals surface area contributed by atoms with Crippen molar-refractivity contribution < 1.29 is 4.79 Å². The van der Waals surface area contributed by atoms with Gasteiger partial charge in [-0.15, -0.1) is 12.4 Å². The average molecular weight is 277 g/mol. The van der Waals surface area contributed by atoms with Crippen molar-refractivity contribution in [3.05, 3.63) is 0 Å². The van der Waals surface area contributed by atoms with E-state index in [0.717, 1.165) is 12.8 Å². The Hall–Kier alpha value is -0.280. The molecule has 18 heavy (non-hydrogen) atoms. The minimum Gasteiger partial charge on any atom is -0.353 e. The fourth-order valence-electron chi connectivity index (χ4n) is 2.57. The summed E-state index contributed by atoms with van der Waals surface area (Å²) in [6, 6.07) is 0.251. The van der Waals surface area contributed by atoms with E-state index < -0.39 is 0 Å². The van der Waals surface area contributed by atoms with Gasteiger partial charge in [0.2, 0.25) is 5.91 Å². The molecule has 1 amide bonds. The number of carbonyl (C=O) groups excluding carboxylic acids is 1. The normalized spacial score (nSPS) is 20.1. The molecule has 0 bridgehead atoms. The van der Waals surface area contributed by atoms with Crippen LogP contribution in [-0.2, 0) is 4.79 Å². The van der Waals surface area contributed by atoms with Crippen LogP contribution in [0.4, 0.5) is 0 Å². The first-order valence-corrected chi connectivity index (χ1v) is 6.98. The monoisotopic (exact) mass is 276 g/mol. The maximum absolute atomic E-state index is 12.0. The Morgan fingerprint density at radius 1 is 1.22 bits per heavy atom. The molecule has 108 valence electrons. The minimum absolute atomic E-state index is 0. The van der Waals surface area contributed by atoms with Gasteiger partial charge in [-0.1, -0.05) is 33.1 Å². The van der Waals surface area contributed by atoms with E-state index in [9.17, 15) is 4.79 Å². The number of hydrogen-bond acceptors (Lipinski definition) is 2. The van der Waals surface area contributed by atoms with E-state index in [1.54, 1.807) is 0 Å². The van der Waals surface area contributed by atoms with Crippen LogP contribution in [0.1, 0.15) is 59.3 Å². The summed E-state index contributed by atoms with van der Waals surface area (Å²) in [5, 5.41) is 3.09. The van der Waals surface area contributed by atoms with Crippen LogP contribution in [0.3, 0.4) is 0 Å². The zero-order chi connectivity index (χ0) is 12.9. The number of rotatable bonds is 5. The number of nitrogens with one attached hydrogen (secondary N) is 1. The number of carbonyl (C=O) groups is 1. The van der Waals surface area contributed by atoms with Crippen LogP contribution >= 0.6 is 12.4 Å². The van der Waals surface area contributed by atoms with Gasteiger partial charge < -0.3 is 11.1 Å². The van der Waals surface area contributed by atoms with Crippen LogP contribution < -0.4 is 11.1 Å². The lowest BCUT2D eigenvalue weighted by Crippen LogP contribution is -2.42. The van der Waals surface area contributed by atoms with Gasteiger partial charge in [0.25, 0.3) is 0 Å². The van der Waals surface area contributed by atoms with Crippen LogP contribution in [0.25, 0.3) is 0 Å². The SMILES string of the molecule is CC(C)C(C)NC(=O)CC1(CN)CCCCC1.Cl. The van der Waals surface area contributed by atoms with E-state index in [1.165, 1.54) is 19.3 Å². The Kier molecular flexibility index (Phi) is 7.88. The first kappa shape index (κ1) is 17.7. The van der Waals surface area contributed by atoms with Gasteiger partial charge in [0.1, 0.15) is 0 Å². The van der Waals surface area contributed by atoms with Crippen molar-refractivity contribution in [1.29, 1.82) is 0 Å².